The molecule has 0 aliphatic heterocycles. The van der Waals surface area contributed by atoms with Crippen LogP contribution in [0.5, 0.6) is 0 Å². The van der Waals surface area contributed by atoms with Gasteiger partial charge in [0.05, 0.1) is 0 Å². The lowest BCUT2D eigenvalue weighted by Gasteiger charge is -2.24. The molecule has 0 bridgehead atoms. The third kappa shape index (κ3) is 6.24. The van der Waals surface area contributed by atoms with Crippen molar-refractivity contribution in [2.24, 2.45) is 5.92 Å². The molecule has 0 spiro atoms. The van der Waals surface area contributed by atoms with Crippen LogP contribution in [0.15, 0.2) is 24.3 Å². The Hall–Kier alpha value is -1.26. The molecule has 1 aliphatic rings. The molecule has 0 heterocycles. The van der Waals surface area contributed by atoms with Gasteiger partial charge in [0.1, 0.15) is 5.60 Å². The van der Waals surface area contributed by atoms with Crippen LogP contribution < -0.4 is 10.6 Å². The quantitative estimate of drug-likeness (QED) is 0.838. The number of hydrogen-bond acceptors (Lipinski definition) is 3. The van der Waals surface area contributed by atoms with Gasteiger partial charge in [-0.3, -0.25) is 0 Å². The van der Waals surface area contributed by atoms with Crippen molar-refractivity contribution in [3.63, 3.8) is 0 Å². The molecule has 0 radical (unpaired) electrons. The molecular formula is C17H25ClN2O2. The van der Waals surface area contributed by atoms with Crippen molar-refractivity contribution in [3.05, 3.63) is 34.9 Å². The number of alkyl carbamates (subject to hydrolysis) is 1. The van der Waals surface area contributed by atoms with Gasteiger partial charge in [0.2, 0.25) is 0 Å². The lowest BCUT2D eigenvalue weighted by molar-refractivity contribution is 0.0497. The molecule has 1 unspecified atom stereocenters. The lowest BCUT2D eigenvalue weighted by atomic mass is 10.1. The molecule has 1 amide bonds. The molecule has 1 atom stereocenters. The first-order chi connectivity index (χ1) is 10.3. The average molecular weight is 325 g/mol. The first-order valence-electron chi connectivity index (χ1n) is 7.78. The van der Waals surface area contributed by atoms with E-state index in [9.17, 15) is 4.79 Å². The highest BCUT2D eigenvalue weighted by molar-refractivity contribution is 6.30. The fraction of sp³-hybridized carbons (Fsp3) is 0.588. The molecule has 22 heavy (non-hydrogen) atoms. The average Bonchev–Trinajstić information content (AvgIpc) is 3.19. The van der Waals surface area contributed by atoms with Crippen molar-refractivity contribution >= 4 is 17.7 Å². The topological polar surface area (TPSA) is 50.4 Å². The van der Waals surface area contributed by atoms with Crippen LogP contribution in [-0.4, -0.2) is 24.3 Å². The Morgan fingerprint density at radius 1 is 1.41 bits per heavy atom. The Morgan fingerprint density at radius 2 is 2.14 bits per heavy atom. The standard InChI is InChI=1S/C17H25ClN2O2/c1-17(2,3)22-16(21)20-15(13-7-8-13)11-19-10-12-5-4-6-14(18)9-12/h4-6,9,13,15,19H,7-8,10-11H2,1-3H3,(H,20,21). The van der Waals surface area contributed by atoms with Crippen molar-refractivity contribution in [3.8, 4) is 0 Å². The summed E-state index contributed by atoms with van der Waals surface area (Å²) in [6.45, 7) is 7.08. The minimum atomic E-state index is -0.466. The van der Waals surface area contributed by atoms with Gasteiger partial charge in [-0.1, -0.05) is 23.7 Å². The highest BCUT2D eigenvalue weighted by Crippen LogP contribution is 2.32. The van der Waals surface area contributed by atoms with E-state index < -0.39 is 5.60 Å². The summed E-state index contributed by atoms with van der Waals surface area (Å²) in [7, 11) is 0. The van der Waals surface area contributed by atoms with Crippen LogP contribution in [0.3, 0.4) is 0 Å². The fourth-order valence-corrected chi connectivity index (χ4v) is 2.52. The van der Waals surface area contributed by atoms with Crippen molar-refractivity contribution in [2.75, 3.05) is 6.54 Å². The maximum Gasteiger partial charge on any atom is 0.407 e. The highest BCUT2D eigenvalue weighted by Gasteiger charge is 2.33. The minimum absolute atomic E-state index is 0.119. The number of amides is 1. The molecule has 4 nitrogen and oxygen atoms in total. The Kier molecular flexibility index (Phi) is 5.70. The van der Waals surface area contributed by atoms with Crippen LogP contribution in [0.2, 0.25) is 5.02 Å². The van der Waals surface area contributed by atoms with Crippen LogP contribution in [0, 0.1) is 5.92 Å². The molecule has 0 saturated heterocycles. The summed E-state index contributed by atoms with van der Waals surface area (Å²) in [5.41, 5.74) is 0.672. The Bertz CT molecular complexity index is 510. The summed E-state index contributed by atoms with van der Waals surface area (Å²) in [6.07, 6.45) is 1.99. The number of hydrogen-bond donors (Lipinski definition) is 2. The fourth-order valence-electron chi connectivity index (χ4n) is 2.31. The van der Waals surface area contributed by atoms with E-state index in [2.05, 4.69) is 10.6 Å². The van der Waals surface area contributed by atoms with E-state index in [0.717, 1.165) is 23.7 Å². The molecule has 5 heteroatoms. The van der Waals surface area contributed by atoms with Crippen LogP contribution in [0.4, 0.5) is 4.79 Å². The van der Waals surface area contributed by atoms with Gasteiger partial charge in [-0.2, -0.15) is 0 Å². The molecule has 1 saturated carbocycles. The van der Waals surface area contributed by atoms with Crippen molar-refractivity contribution < 1.29 is 9.53 Å². The first kappa shape index (κ1) is 17.1. The van der Waals surface area contributed by atoms with Crippen LogP contribution in [0.25, 0.3) is 0 Å². The number of benzene rings is 1. The van der Waals surface area contributed by atoms with Crippen molar-refractivity contribution in [1.82, 2.24) is 10.6 Å². The van der Waals surface area contributed by atoms with E-state index in [1.165, 1.54) is 12.8 Å². The smallest absolute Gasteiger partial charge is 0.407 e. The monoisotopic (exact) mass is 324 g/mol. The van der Waals surface area contributed by atoms with E-state index in [1.54, 1.807) is 0 Å². The second kappa shape index (κ2) is 7.34. The molecule has 2 N–H and O–H groups in total. The van der Waals surface area contributed by atoms with E-state index >= 15 is 0 Å². The zero-order chi connectivity index (χ0) is 16.2. The molecular weight excluding hydrogens is 300 g/mol. The largest absolute Gasteiger partial charge is 0.444 e. The van der Waals surface area contributed by atoms with Gasteiger partial charge in [0.15, 0.2) is 0 Å². The first-order valence-corrected chi connectivity index (χ1v) is 8.16. The minimum Gasteiger partial charge on any atom is -0.444 e. The van der Waals surface area contributed by atoms with Gasteiger partial charge in [-0.25, -0.2) is 4.79 Å². The Morgan fingerprint density at radius 3 is 2.73 bits per heavy atom. The van der Waals surface area contributed by atoms with Crippen molar-refractivity contribution in [1.29, 1.82) is 0 Å². The number of ether oxygens (including phenoxy) is 1. The zero-order valence-electron chi connectivity index (χ0n) is 13.5. The predicted octanol–water partition coefficient (Wildman–Crippen LogP) is 3.73. The third-order valence-corrected chi connectivity index (χ3v) is 3.71. The summed E-state index contributed by atoms with van der Waals surface area (Å²) >= 11 is 5.98. The Labute approximate surface area is 137 Å². The van der Waals surface area contributed by atoms with Gasteiger partial charge in [-0.15, -0.1) is 0 Å². The summed E-state index contributed by atoms with van der Waals surface area (Å²) in [6, 6.07) is 7.90. The van der Waals surface area contributed by atoms with Gasteiger partial charge >= 0.3 is 6.09 Å². The van der Waals surface area contributed by atoms with Crippen molar-refractivity contribution in [2.45, 2.75) is 51.8 Å². The molecule has 122 valence electrons. The Balaban J connectivity index is 1.78. The number of nitrogens with one attached hydrogen (secondary N) is 2. The van der Waals surface area contributed by atoms with Gasteiger partial charge < -0.3 is 15.4 Å². The molecule has 1 fully saturated rings. The summed E-state index contributed by atoms with van der Waals surface area (Å²) in [5, 5.41) is 7.11. The van der Waals surface area contributed by atoms with E-state index in [0.29, 0.717) is 5.92 Å². The number of carbonyl (C=O) groups is 1. The zero-order valence-corrected chi connectivity index (χ0v) is 14.2. The third-order valence-electron chi connectivity index (χ3n) is 3.48. The normalized spacial score (nSPS) is 16.2. The summed E-state index contributed by atoms with van der Waals surface area (Å²) < 4.78 is 5.33. The second-order valence-corrected chi connectivity index (χ2v) is 7.29. The number of halogens is 1. The van der Waals surface area contributed by atoms with Gasteiger partial charge in [0.25, 0.3) is 0 Å². The SMILES string of the molecule is CC(C)(C)OC(=O)NC(CNCc1cccc(Cl)c1)C1CC1. The van der Waals surface area contributed by atoms with Crippen LogP contribution in [-0.2, 0) is 11.3 Å². The van der Waals surface area contributed by atoms with Crippen LogP contribution in [0.1, 0.15) is 39.2 Å². The molecule has 1 aromatic carbocycles. The summed E-state index contributed by atoms with van der Waals surface area (Å²) in [4.78, 5) is 11.9. The molecule has 1 aromatic rings. The second-order valence-electron chi connectivity index (χ2n) is 6.85. The molecule has 0 aromatic heterocycles. The van der Waals surface area contributed by atoms with E-state index in [4.69, 9.17) is 16.3 Å². The van der Waals surface area contributed by atoms with E-state index in [1.807, 2.05) is 45.0 Å². The van der Waals surface area contributed by atoms with E-state index in [-0.39, 0.29) is 12.1 Å². The lowest BCUT2D eigenvalue weighted by Crippen LogP contribution is -2.45. The van der Waals surface area contributed by atoms with Crippen LogP contribution >= 0.6 is 11.6 Å². The maximum atomic E-state index is 11.9. The number of carbonyl (C=O) groups excluding carboxylic acids is 1. The highest BCUT2D eigenvalue weighted by atomic mass is 35.5. The predicted molar refractivity (Wildman–Crippen MR) is 89.0 cm³/mol. The summed E-state index contributed by atoms with van der Waals surface area (Å²) in [5.74, 6) is 0.555. The maximum absolute atomic E-state index is 11.9. The van der Waals surface area contributed by atoms with Gasteiger partial charge in [0, 0.05) is 24.2 Å². The number of rotatable bonds is 6. The van der Waals surface area contributed by atoms with Gasteiger partial charge in [-0.05, 0) is 57.2 Å². The molecule has 2 rings (SSSR count). The molecule has 1 aliphatic carbocycles.